The number of ether oxygens (including phenoxy) is 1. The van der Waals surface area contributed by atoms with Gasteiger partial charge in [0.25, 0.3) is 0 Å². The molecule has 1 rings (SSSR count). The van der Waals surface area contributed by atoms with Crippen LogP contribution in [0.5, 0.6) is 5.75 Å². The van der Waals surface area contributed by atoms with Gasteiger partial charge in [0.15, 0.2) is 0 Å². The Balaban J connectivity index is 2.53. The predicted molar refractivity (Wildman–Crippen MR) is 83.0 cm³/mol. The molecule has 108 valence electrons. The number of benzene rings is 1. The van der Waals surface area contributed by atoms with Gasteiger partial charge in [0, 0.05) is 17.1 Å². The monoisotopic (exact) mass is 283 g/mol. The summed E-state index contributed by atoms with van der Waals surface area (Å²) in [6.45, 7) is 9.16. The molecule has 2 nitrogen and oxygen atoms in total. The molecule has 0 unspecified atom stereocenters. The van der Waals surface area contributed by atoms with Crippen LogP contribution in [0.2, 0.25) is 5.02 Å². The number of halogens is 1. The first-order valence-electron chi connectivity index (χ1n) is 7.26. The molecule has 0 aliphatic carbocycles. The number of hydrogen-bond donors (Lipinski definition) is 1. The van der Waals surface area contributed by atoms with E-state index in [2.05, 4.69) is 26.1 Å². The van der Waals surface area contributed by atoms with Gasteiger partial charge in [-0.1, -0.05) is 38.4 Å². The standard InChI is InChI=1S/C16H26ClNO/c1-4-10-18-12-14-15(17)8-5-9-16(14)19-11-6-7-13(2)3/h5,8-9,13,18H,4,6-7,10-12H2,1-3H3. The van der Waals surface area contributed by atoms with Gasteiger partial charge >= 0.3 is 0 Å². The lowest BCUT2D eigenvalue weighted by atomic mass is 10.1. The highest BCUT2D eigenvalue weighted by atomic mass is 35.5. The molecule has 0 heterocycles. The topological polar surface area (TPSA) is 21.3 Å². The van der Waals surface area contributed by atoms with Gasteiger partial charge in [-0.15, -0.1) is 0 Å². The van der Waals surface area contributed by atoms with Crippen molar-refractivity contribution in [3.63, 3.8) is 0 Å². The maximum absolute atomic E-state index is 6.25. The molecule has 0 amide bonds. The number of hydrogen-bond acceptors (Lipinski definition) is 2. The zero-order valence-corrected chi connectivity index (χ0v) is 13.1. The van der Waals surface area contributed by atoms with Gasteiger partial charge in [0.2, 0.25) is 0 Å². The van der Waals surface area contributed by atoms with Gasteiger partial charge in [-0.2, -0.15) is 0 Å². The van der Waals surface area contributed by atoms with Crippen molar-refractivity contribution < 1.29 is 4.74 Å². The molecule has 0 spiro atoms. The molecule has 0 aromatic heterocycles. The van der Waals surface area contributed by atoms with E-state index in [1.807, 2.05) is 18.2 Å². The highest BCUT2D eigenvalue weighted by molar-refractivity contribution is 6.31. The fourth-order valence-corrected chi connectivity index (χ4v) is 2.14. The minimum absolute atomic E-state index is 0.730. The van der Waals surface area contributed by atoms with E-state index in [0.29, 0.717) is 0 Å². The fraction of sp³-hybridized carbons (Fsp3) is 0.625. The minimum atomic E-state index is 0.730. The molecule has 19 heavy (non-hydrogen) atoms. The molecule has 0 bridgehead atoms. The molecule has 3 heteroatoms. The summed E-state index contributed by atoms with van der Waals surface area (Å²) in [7, 11) is 0. The van der Waals surface area contributed by atoms with Crippen LogP contribution >= 0.6 is 11.6 Å². The minimum Gasteiger partial charge on any atom is -0.493 e. The molecular formula is C16H26ClNO. The lowest BCUT2D eigenvalue weighted by Crippen LogP contribution is -2.15. The highest BCUT2D eigenvalue weighted by Crippen LogP contribution is 2.26. The van der Waals surface area contributed by atoms with Crippen molar-refractivity contribution in [2.24, 2.45) is 5.92 Å². The zero-order chi connectivity index (χ0) is 14.1. The molecule has 0 saturated heterocycles. The fourth-order valence-electron chi connectivity index (χ4n) is 1.91. The first-order valence-corrected chi connectivity index (χ1v) is 7.63. The smallest absolute Gasteiger partial charge is 0.125 e. The Morgan fingerprint density at radius 1 is 1.32 bits per heavy atom. The Morgan fingerprint density at radius 3 is 2.79 bits per heavy atom. The van der Waals surface area contributed by atoms with Crippen LogP contribution in [0.4, 0.5) is 0 Å². The van der Waals surface area contributed by atoms with Crippen molar-refractivity contribution in [3.05, 3.63) is 28.8 Å². The van der Waals surface area contributed by atoms with Crippen LogP contribution in [-0.2, 0) is 6.54 Å². The average Bonchev–Trinajstić information content (AvgIpc) is 2.37. The van der Waals surface area contributed by atoms with Crippen molar-refractivity contribution in [2.45, 2.75) is 46.6 Å². The third kappa shape index (κ3) is 6.31. The lowest BCUT2D eigenvalue weighted by Gasteiger charge is -2.14. The maximum Gasteiger partial charge on any atom is 0.125 e. The van der Waals surface area contributed by atoms with Gasteiger partial charge < -0.3 is 10.1 Å². The normalized spacial score (nSPS) is 11.0. The van der Waals surface area contributed by atoms with Gasteiger partial charge in [0.05, 0.1) is 6.61 Å². The largest absolute Gasteiger partial charge is 0.493 e. The molecule has 0 aliphatic rings. The van der Waals surface area contributed by atoms with E-state index < -0.39 is 0 Å². The predicted octanol–water partition coefficient (Wildman–Crippen LogP) is 4.65. The molecule has 0 fully saturated rings. The maximum atomic E-state index is 6.25. The molecule has 1 aromatic rings. The second kappa shape index (κ2) is 9.22. The van der Waals surface area contributed by atoms with E-state index in [4.69, 9.17) is 16.3 Å². The quantitative estimate of drug-likeness (QED) is 0.666. The van der Waals surface area contributed by atoms with Crippen molar-refractivity contribution in [2.75, 3.05) is 13.2 Å². The number of nitrogens with one attached hydrogen (secondary N) is 1. The second-order valence-electron chi connectivity index (χ2n) is 5.28. The van der Waals surface area contributed by atoms with E-state index in [1.54, 1.807) is 0 Å². The van der Waals surface area contributed by atoms with Crippen LogP contribution < -0.4 is 10.1 Å². The lowest BCUT2D eigenvalue weighted by molar-refractivity contribution is 0.294. The van der Waals surface area contributed by atoms with Crippen molar-refractivity contribution >= 4 is 11.6 Å². The van der Waals surface area contributed by atoms with E-state index in [9.17, 15) is 0 Å². The SMILES string of the molecule is CCCNCc1c(Cl)cccc1OCCCC(C)C. The highest BCUT2D eigenvalue weighted by Gasteiger charge is 2.07. The molecular weight excluding hydrogens is 258 g/mol. The third-order valence-electron chi connectivity index (χ3n) is 2.99. The molecule has 1 aromatic carbocycles. The van der Waals surface area contributed by atoms with Crippen LogP contribution in [0, 0.1) is 5.92 Å². The van der Waals surface area contributed by atoms with Crippen molar-refractivity contribution in [1.82, 2.24) is 5.32 Å². The Bertz CT molecular complexity index is 366. The Kier molecular flexibility index (Phi) is 7.92. The van der Waals surface area contributed by atoms with E-state index in [1.165, 1.54) is 6.42 Å². The summed E-state index contributed by atoms with van der Waals surface area (Å²) in [5, 5.41) is 4.16. The van der Waals surface area contributed by atoms with E-state index in [-0.39, 0.29) is 0 Å². The average molecular weight is 284 g/mol. The van der Waals surface area contributed by atoms with Crippen LogP contribution in [0.15, 0.2) is 18.2 Å². The Labute approximate surface area is 122 Å². The van der Waals surface area contributed by atoms with Crippen LogP contribution in [-0.4, -0.2) is 13.2 Å². The van der Waals surface area contributed by atoms with Gasteiger partial charge in [-0.05, 0) is 43.9 Å². The van der Waals surface area contributed by atoms with Crippen LogP contribution in [0.1, 0.15) is 45.6 Å². The molecule has 0 saturated carbocycles. The van der Waals surface area contributed by atoms with Gasteiger partial charge in [0.1, 0.15) is 5.75 Å². The molecule has 1 N–H and O–H groups in total. The summed E-state index contributed by atoms with van der Waals surface area (Å²) >= 11 is 6.25. The summed E-state index contributed by atoms with van der Waals surface area (Å²) < 4.78 is 5.87. The third-order valence-corrected chi connectivity index (χ3v) is 3.34. The van der Waals surface area contributed by atoms with Gasteiger partial charge in [-0.3, -0.25) is 0 Å². The summed E-state index contributed by atoms with van der Waals surface area (Å²) in [6, 6.07) is 5.87. The summed E-state index contributed by atoms with van der Waals surface area (Å²) in [6.07, 6.45) is 3.41. The first-order chi connectivity index (χ1) is 9.15. The molecule has 0 atom stereocenters. The summed E-state index contributed by atoms with van der Waals surface area (Å²) in [4.78, 5) is 0. The molecule has 0 aliphatic heterocycles. The number of rotatable bonds is 9. The van der Waals surface area contributed by atoms with Crippen LogP contribution in [0.3, 0.4) is 0 Å². The Hall–Kier alpha value is -0.730. The molecule has 0 radical (unpaired) electrons. The van der Waals surface area contributed by atoms with E-state index >= 15 is 0 Å². The summed E-state index contributed by atoms with van der Waals surface area (Å²) in [5.41, 5.74) is 1.07. The Morgan fingerprint density at radius 2 is 2.11 bits per heavy atom. The zero-order valence-electron chi connectivity index (χ0n) is 12.3. The van der Waals surface area contributed by atoms with Crippen molar-refractivity contribution in [3.8, 4) is 5.75 Å². The van der Waals surface area contributed by atoms with Gasteiger partial charge in [-0.25, -0.2) is 0 Å². The van der Waals surface area contributed by atoms with Crippen LogP contribution in [0.25, 0.3) is 0 Å². The second-order valence-corrected chi connectivity index (χ2v) is 5.69. The summed E-state index contributed by atoms with van der Waals surface area (Å²) in [5.74, 6) is 1.65. The first kappa shape index (κ1) is 16.3. The van der Waals surface area contributed by atoms with Crippen molar-refractivity contribution in [1.29, 1.82) is 0 Å². The van der Waals surface area contributed by atoms with E-state index in [0.717, 1.165) is 54.8 Å².